The molecule has 2 aromatic heterocycles. The number of rotatable bonds is 5. The van der Waals surface area contributed by atoms with Gasteiger partial charge < -0.3 is 9.30 Å². The number of esters is 1. The highest BCUT2D eigenvalue weighted by atomic mass is 32.2. The molecule has 154 valence electrons. The van der Waals surface area contributed by atoms with Crippen LogP contribution in [0.5, 0.6) is 0 Å². The quantitative estimate of drug-likeness (QED) is 0.598. The van der Waals surface area contributed by atoms with Gasteiger partial charge in [0, 0.05) is 11.9 Å². The van der Waals surface area contributed by atoms with Crippen LogP contribution in [0.2, 0.25) is 0 Å². The lowest BCUT2D eigenvalue weighted by Crippen LogP contribution is -2.16. The maximum Gasteiger partial charge on any atom is 0.341 e. The summed E-state index contributed by atoms with van der Waals surface area (Å²) in [5, 5.41) is 0.302. The number of hydrogen-bond acceptors (Lipinski definition) is 7. The molecule has 0 atom stereocenters. The monoisotopic (exact) mass is 452 g/mol. The highest BCUT2D eigenvalue weighted by Crippen LogP contribution is 2.39. The zero-order chi connectivity index (χ0) is 20.8. The van der Waals surface area contributed by atoms with Crippen molar-refractivity contribution in [3.63, 3.8) is 0 Å². The van der Waals surface area contributed by atoms with Gasteiger partial charge in [-0.25, -0.2) is 13.2 Å². The average Bonchev–Trinajstić information content (AvgIpc) is 3.18. The van der Waals surface area contributed by atoms with Gasteiger partial charge in [-0.2, -0.15) is 0 Å². The van der Waals surface area contributed by atoms with E-state index in [9.17, 15) is 18.0 Å². The molecule has 2 heterocycles. The molecule has 0 aliphatic heterocycles. The van der Waals surface area contributed by atoms with Gasteiger partial charge in [0.1, 0.15) is 5.00 Å². The first-order valence-corrected chi connectivity index (χ1v) is 12.4. The van der Waals surface area contributed by atoms with Crippen molar-refractivity contribution in [2.45, 2.75) is 37.5 Å². The Hall–Kier alpha value is -2.17. The SMILES string of the molecule is CCOC(=O)c1c(NS(=O)(=O)c2ccc3c(c2)sc(=O)n3C)sc2c1CCCC2. The molecule has 10 heteroatoms. The highest BCUT2D eigenvalue weighted by molar-refractivity contribution is 7.93. The predicted molar refractivity (Wildman–Crippen MR) is 115 cm³/mol. The van der Waals surface area contributed by atoms with Crippen LogP contribution in [0.1, 0.15) is 40.6 Å². The van der Waals surface area contributed by atoms with E-state index in [0.29, 0.717) is 20.8 Å². The van der Waals surface area contributed by atoms with Crippen molar-refractivity contribution >= 4 is 53.9 Å². The van der Waals surface area contributed by atoms with E-state index < -0.39 is 16.0 Å². The molecule has 1 aliphatic rings. The Morgan fingerprint density at radius 2 is 2.00 bits per heavy atom. The second-order valence-corrected chi connectivity index (χ2v) is 10.6. The lowest BCUT2D eigenvalue weighted by molar-refractivity contribution is 0.0526. The highest BCUT2D eigenvalue weighted by Gasteiger charge is 2.29. The number of carbonyl (C=O) groups excluding carboxylic acids is 1. The first-order valence-electron chi connectivity index (χ1n) is 9.26. The van der Waals surface area contributed by atoms with Crippen LogP contribution >= 0.6 is 22.7 Å². The smallest absolute Gasteiger partial charge is 0.341 e. The fraction of sp³-hybridized carbons (Fsp3) is 0.368. The topological polar surface area (TPSA) is 94.5 Å². The van der Waals surface area contributed by atoms with Gasteiger partial charge in [0.15, 0.2) is 0 Å². The van der Waals surface area contributed by atoms with Crippen molar-refractivity contribution in [3.05, 3.63) is 43.9 Å². The third-order valence-corrected chi connectivity index (χ3v) is 8.63. The van der Waals surface area contributed by atoms with Crippen LogP contribution in [0.15, 0.2) is 27.9 Å². The Morgan fingerprint density at radius 3 is 2.76 bits per heavy atom. The number of carbonyl (C=O) groups is 1. The predicted octanol–water partition coefficient (Wildman–Crippen LogP) is 3.52. The number of fused-ring (bicyclic) bond motifs is 2. The molecule has 1 aliphatic carbocycles. The lowest BCUT2D eigenvalue weighted by atomic mass is 9.95. The minimum absolute atomic E-state index is 0.0491. The summed E-state index contributed by atoms with van der Waals surface area (Å²) < 4.78 is 35.9. The number of benzene rings is 1. The number of nitrogens with one attached hydrogen (secondary N) is 1. The molecule has 7 nitrogen and oxygen atoms in total. The molecule has 3 aromatic rings. The first-order chi connectivity index (χ1) is 13.8. The van der Waals surface area contributed by atoms with E-state index in [4.69, 9.17) is 4.74 Å². The maximum atomic E-state index is 13.0. The molecule has 1 N–H and O–H groups in total. The van der Waals surface area contributed by atoms with Crippen LogP contribution in [0.4, 0.5) is 5.00 Å². The van der Waals surface area contributed by atoms with Crippen LogP contribution in [0.25, 0.3) is 10.2 Å². The molecule has 0 spiro atoms. The Bertz CT molecular complexity index is 1270. The summed E-state index contributed by atoms with van der Waals surface area (Å²) in [5.74, 6) is -0.499. The molecule has 0 saturated carbocycles. The summed E-state index contributed by atoms with van der Waals surface area (Å²) in [5.41, 5.74) is 1.91. The zero-order valence-electron chi connectivity index (χ0n) is 16.0. The van der Waals surface area contributed by atoms with Gasteiger partial charge in [0.25, 0.3) is 10.0 Å². The minimum atomic E-state index is -3.93. The number of anilines is 1. The van der Waals surface area contributed by atoms with Crippen molar-refractivity contribution in [1.29, 1.82) is 0 Å². The summed E-state index contributed by atoms with van der Waals surface area (Å²) in [6.07, 6.45) is 3.56. The normalized spacial score (nSPS) is 14.0. The summed E-state index contributed by atoms with van der Waals surface area (Å²) in [6.45, 7) is 1.94. The minimum Gasteiger partial charge on any atom is -0.462 e. The Labute approximate surface area is 176 Å². The molecule has 0 bridgehead atoms. The molecule has 0 saturated heterocycles. The number of hydrogen-bond donors (Lipinski definition) is 1. The fourth-order valence-electron chi connectivity index (χ4n) is 3.52. The number of ether oxygens (including phenoxy) is 1. The number of thiazole rings is 1. The largest absolute Gasteiger partial charge is 0.462 e. The van der Waals surface area contributed by atoms with Gasteiger partial charge in [0.2, 0.25) is 0 Å². The van der Waals surface area contributed by atoms with Crippen LogP contribution in [0, 0.1) is 0 Å². The maximum absolute atomic E-state index is 13.0. The van der Waals surface area contributed by atoms with E-state index in [-0.39, 0.29) is 16.4 Å². The van der Waals surface area contributed by atoms with E-state index in [1.54, 1.807) is 20.0 Å². The van der Waals surface area contributed by atoms with Crippen molar-refractivity contribution in [1.82, 2.24) is 4.57 Å². The van der Waals surface area contributed by atoms with Gasteiger partial charge in [-0.15, -0.1) is 11.3 Å². The zero-order valence-corrected chi connectivity index (χ0v) is 18.4. The lowest BCUT2D eigenvalue weighted by Gasteiger charge is -2.12. The van der Waals surface area contributed by atoms with E-state index >= 15 is 0 Å². The van der Waals surface area contributed by atoms with Crippen molar-refractivity contribution < 1.29 is 17.9 Å². The molecule has 0 radical (unpaired) electrons. The number of nitrogens with zero attached hydrogens (tertiary/aromatic N) is 1. The van der Waals surface area contributed by atoms with Crippen LogP contribution in [0.3, 0.4) is 0 Å². The van der Waals surface area contributed by atoms with Crippen molar-refractivity contribution in [2.75, 3.05) is 11.3 Å². The third kappa shape index (κ3) is 3.60. The first kappa shape index (κ1) is 20.1. The van der Waals surface area contributed by atoms with Gasteiger partial charge in [-0.3, -0.25) is 9.52 Å². The van der Waals surface area contributed by atoms with Crippen molar-refractivity contribution in [3.8, 4) is 0 Å². The Kier molecular flexibility index (Phi) is 5.26. The van der Waals surface area contributed by atoms with E-state index in [0.717, 1.165) is 47.5 Å². The fourth-order valence-corrected chi connectivity index (χ4v) is 7.12. The standard InChI is InChI=1S/C19H20N2O5S3/c1-3-26-18(22)16-12-6-4-5-7-14(12)27-17(16)20-29(24,25)11-8-9-13-15(10-11)28-19(23)21(13)2/h8-10,20H,3-7H2,1-2H3. The number of thiophene rings is 1. The summed E-state index contributed by atoms with van der Waals surface area (Å²) in [4.78, 5) is 25.3. The van der Waals surface area contributed by atoms with E-state index in [2.05, 4.69) is 4.72 Å². The second kappa shape index (κ2) is 7.58. The van der Waals surface area contributed by atoms with Gasteiger partial charge in [-0.1, -0.05) is 11.3 Å². The summed E-state index contributed by atoms with van der Waals surface area (Å²) in [7, 11) is -2.28. The molecule has 1 aromatic carbocycles. The molecular formula is C19H20N2O5S3. The van der Waals surface area contributed by atoms with Crippen molar-refractivity contribution in [2.24, 2.45) is 7.05 Å². The summed E-state index contributed by atoms with van der Waals surface area (Å²) >= 11 is 2.30. The summed E-state index contributed by atoms with van der Waals surface area (Å²) in [6, 6.07) is 4.57. The van der Waals surface area contributed by atoms with Gasteiger partial charge in [0.05, 0.1) is 27.3 Å². The van der Waals surface area contributed by atoms with Gasteiger partial charge >= 0.3 is 10.8 Å². The number of sulfonamides is 1. The molecule has 4 rings (SSSR count). The number of aryl methyl sites for hydroxylation is 2. The molecule has 0 fully saturated rings. The Balaban J connectivity index is 1.75. The Morgan fingerprint density at radius 1 is 1.24 bits per heavy atom. The molecule has 29 heavy (non-hydrogen) atoms. The van der Waals surface area contributed by atoms with Crippen LogP contribution in [-0.2, 0) is 34.6 Å². The van der Waals surface area contributed by atoms with E-state index in [1.807, 2.05) is 0 Å². The average molecular weight is 453 g/mol. The molecular weight excluding hydrogens is 432 g/mol. The van der Waals surface area contributed by atoms with Gasteiger partial charge in [-0.05, 0) is 56.4 Å². The number of aromatic nitrogens is 1. The van der Waals surface area contributed by atoms with E-state index in [1.165, 1.54) is 28.0 Å². The third-order valence-electron chi connectivity index (χ3n) is 4.95. The molecule has 0 amide bonds. The molecule has 0 unspecified atom stereocenters. The van der Waals surface area contributed by atoms with Crippen LogP contribution in [-0.4, -0.2) is 25.6 Å². The second-order valence-electron chi connectivity index (χ2n) is 6.80. The van der Waals surface area contributed by atoms with Crippen LogP contribution < -0.4 is 9.60 Å².